The topological polar surface area (TPSA) is 77.5 Å². The van der Waals surface area contributed by atoms with Gasteiger partial charge in [0.05, 0.1) is 12.0 Å². The number of nitriles is 1. The van der Waals surface area contributed by atoms with Gasteiger partial charge in [-0.3, -0.25) is 9.59 Å². The van der Waals surface area contributed by atoms with Crippen molar-refractivity contribution in [3.8, 4) is 6.07 Å². The number of carbonyl (C=O) groups excluding carboxylic acids is 2. The summed E-state index contributed by atoms with van der Waals surface area (Å²) in [6, 6.07) is 10.0. The average molecular weight is 421 g/mol. The summed E-state index contributed by atoms with van der Waals surface area (Å²) in [6.45, 7) is 3.76. The number of Topliss-reactive ketones (excluding diaryl/α,β-unsaturated/α-hetero) is 1. The van der Waals surface area contributed by atoms with Crippen LogP contribution in [-0.4, -0.2) is 47.7 Å². The fraction of sp³-hybridized carbons (Fsp3) is 0.375. The van der Waals surface area contributed by atoms with Crippen LogP contribution in [-0.2, 0) is 4.79 Å². The minimum absolute atomic E-state index is 0.0761. The Morgan fingerprint density at radius 3 is 2.68 bits per heavy atom. The molecule has 1 amide bonds. The van der Waals surface area contributed by atoms with Gasteiger partial charge in [-0.05, 0) is 48.6 Å². The molecular weight excluding hydrogens is 397 g/mol. The van der Waals surface area contributed by atoms with Crippen LogP contribution in [0.4, 0.5) is 4.39 Å². The van der Waals surface area contributed by atoms with Crippen LogP contribution in [0.3, 0.4) is 0 Å². The van der Waals surface area contributed by atoms with E-state index in [0.29, 0.717) is 50.3 Å². The number of halogens is 1. The van der Waals surface area contributed by atoms with Crippen LogP contribution in [0.15, 0.2) is 46.6 Å². The highest BCUT2D eigenvalue weighted by Crippen LogP contribution is 2.38. The van der Waals surface area contributed by atoms with Crippen molar-refractivity contribution in [3.63, 3.8) is 0 Å². The second kappa shape index (κ2) is 8.76. The predicted molar refractivity (Wildman–Crippen MR) is 112 cm³/mol. The van der Waals surface area contributed by atoms with Gasteiger partial charge in [-0.1, -0.05) is 13.0 Å². The van der Waals surface area contributed by atoms with Gasteiger partial charge in [0.25, 0.3) is 5.91 Å². The number of rotatable bonds is 3. The summed E-state index contributed by atoms with van der Waals surface area (Å²) < 4.78 is 19.5. The predicted octanol–water partition coefficient (Wildman–Crippen LogP) is 3.97. The first-order chi connectivity index (χ1) is 15.0. The van der Waals surface area contributed by atoms with Crippen LogP contribution in [0, 0.1) is 17.1 Å². The van der Waals surface area contributed by atoms with Gasteiger partial charge >= 0.3 is 0 Å². The molecule has 1 unspecified atom stereocenters. The Hall–Kier alpha value is -3.40. The van der Waals surface area contributed by atoms with Crippen molar-refractivity contribution in [1.82, 2.24) is 9.80 Å². The zero-order chi connectivity index (χ0) is 22.0. The molecule has 1 fully saturated rings. The van der Waals surface area contributed by atoms with E-state index in [1.54, 1.807) is 23.1 Å². The third-order valence-electron chi connectivity index (χ3n) is 6.17. The van der Waals surface area contributed by atoms with E-state index in [1.807, 2.05) is 4.90 Å². The van der Waals surface area contributed by atoms with Gasteiger partial charge in [-0.15, -0.1) is 0 Å². The number of hydrogen-bond acceptors (Lipinski definition) is 5. The van der Waals surface area contributed by atoms with Crippen molar-refractivity contribution >= 4 is 17.4 Å². The van der Waals surface area contributed by atoms with Crippen molar-refractivity contribution in [3.05, 3.63) is 64.9 Å². The maximum atomic E-state index is 14.3. The Balaban J connectivity index is 1.70. The molecule has 160 valence electrons. The highest BCUT2D eigenvalue weighted by atomic mass is 19.1. The summed E-state index contributed by atoms with van der Waals surface area (Å²) in [6.07, 6.45) is 3.21. The standard InChI is InChI=1S/C24H24FN3O3/c1-2-16-5-8-21(29)20(15-26)23(19-14-17(25)6-7-18(16)19)27-9-11-28(12-10-27)24(30)22-4-3-13-31-22/h3-4,6-7,13-14,16H,2,5,8-12H2,1H3. The lowest BCUT2D eigenvalue weighted by Crippen LogP contribution is -2.48. The van der Waals surface area contributed by atoms with Gasteiger partial charge in [0, 0.05) is 38.2 Å². The molecule has 1 aliphatic heterocycles. The van der Waals surface area contributed by atoms with Crippen molar-refractivity contribution in [1.29, 1.82) is 5.26 Å². The molecule has 2 aliphatic rings. The lowest BCUT2D eigenvalue weighted by atomic mass is 9.82. The highest BCUT2D eigenvalue weighted by Gasteiger charge is 2.32. The molecule has 4 rings (SSSR count). The Labute approximate surface area is 180 Å². The van der Waals surface area contributed by atoms with Gasteiger partial charge in [0.1, 0.15) is 17.5 Å². The van der Waals surface area contributed by atoms with Gasteiger partial charge in [0.15, 0.2) is 11.5 Å². The summed E-state index contributed by atoms with van der Waals surface area (Å²) in [7, 11) is 0. The maximum absolute atomic E-state index is 14.3. The molecular formula is C24H24FN3O3. The van der Waals surface area contributed by atoms with E-state index in [0.717, 1.165) is 12.0 Å². The molecule has 0 saturated carbocycles. The number of nitrogens with zero attached hydrogens (tertiary/aromatic N) is 3. The quantitative estimate of drug-likeness (QED) is 0.750. The fourth-order valence-electron chi connectivity index (χ4n) is 4.50. The third-order valence-corrected chi connectivity index (χ3v) is 6.17. The number of fused-ring (bicyclic) bond motifs is 1. The Morgan fingerprint density at radius 1 is 1.26 bits per heavy atom. The Bertz CT molecular complexity index is 1060. The molecule has 1 atom stereocenters. The van der Waals surface area contributed by atoms with Crippen LogP contribution in [0.2, 0.25) is 0 Å². The number of piperazine rings is 1. The van der Waals surface area contributed by atoms with E-state index in [-0.39, 0.29) is 28.9 Å². The molecule has 6 nitrogen and oxygen atoms in total. The van der Waals surface area contributed by atoms with Crippen LogP contribution in [0.25, 0.3) is 5.70 Å². The summed E-state index contributed by atoms with van der Waals surface area (Å²) in [5, 5.41) is 9.84. The molecule has 31 heavy (non-hydrogen) atoms. The van der Waals surface area contributed by atoms with Crippen LogP contribution < -0.4 is 0 Å². The molecule has 1 aromatic carbocycles. The van der Waals surface area contributed by atoms with E-state index in [2.05, 4.69) is 13.0 Å². The molecule has 1 aromatic heterocycles. The van der Waals surface area contributed by atoms with Crippen LogP contribution in [0.1, 0.15) is 53.8 Å². The lowest BCUT2D eigenvalue weighted by Gasteiger charge is -2.38. The zero-order valence-electron chi connectivity index (χ0n) is 17.4. The third kappa shape index (κ3) is 3.98. The molecule has 2 aromatic rings. The SMILES string of the molecule is CCC1CCC(=O)C(C#N)=C(N2CCN(C(=O)c3ccco3)CC2)c2cc(F)ccc21. The van der Waals surface area contributed by atoms with Gasteiger partial charge in [-0.2, -0.15) is 5.26 Å². The summed E-state index contributed by atoms with van der Waals surface area (Å²) in [5.74, 6) is -0.394. The number of benzene rings is 1. The first kappa shape index (κ1) is 20.9. The summed E-state index contributed by atoms with van der Waals surface area (Å²) in [5.41, 5.74) is 2.15. The number of carbonyl (C=O) groups is 2. The molecule has 0 bridgehead atoms. The van der Waals surface area contributed by atoms with E-state index < -0.39 is 5.82 Å². The monoisotopic (exact) mass is 421 g/mol. The number of hydrogen-bond donors (Lipinski definition) is 0. The van der Waals surface area contributed by atoms with Gasteiger partial charge in [0.2, 0.25) is 0 Å². The largest absolute Gasteiger partial charge is 0.459 e. The number of furan rings is 1. The smallest absolute Gasteiger partial charge is 0.289 e. The van der Waals surface area contributed by atoms with Crippen molar-refractivity contribution in [2.45, 2.75) is 32.1 Å². The number of amides is 1. The minimum Gasteiger partial charge on any atom is -0.459 e. The fourth-order valence-corrected chi connectivity index (χ4v) is 4.50. The second-order valence-corrected chi connectivity index (χ2v) is 7.89. The Kier molecular flexibility index (Phi) is 5.90. The van der Waals surface area contributed by atoms with Gasteiger partial charge < -0.3 is 14.2 Å². The van der Waals surface area contributed by atoms with E-state index >= 15 is 0 Å². The average Bonchev–Trinajstić information content (AvgIpc) is 3.32. The Morgan fingerprint density at radius 2 is 2.03 bits per heavy atom. The van der Waals surface area contributed by atoms with Gasteiger partial charge in [-0.25, -0.2) is 4.39 Å². The second-order valence-electron chi connectivity index (χ2n) is 7.89. The molecule has 2 heterocycles. The molecule has 0 spiro atoms. The lowest BCUT2D eigenvalue weighted by molar-refractivity contribution is -0.115. The highest BCUT2D eigenvalue weighted by molar-refractivity contribution is 6.06. The minimum atomic E-state index is -0.400. The molecule has 0 N–H and O–H groups in total. The first-order valence-corrected chi connectivity index (χ1v) is 10.6. The van der Waals surface area contributed by atoms with Crippen molar-refractivity contribution < 1.29 is 18.4 Å². The normalized spacial score (nSPS) is 19.5. The summed E-state index contributed by atoms with van der Waals surface area (Å²) >= 11 is 0. The maximum Gasteiger partial charge on any atom is 0.289 e. The van der Waals surface area contributed by atoms with Crippen LogP contribution >= 0.6 is 0 Å². The molecule has 1 aliphatic carbocycles. The summed E-state index contributed by atoms with van der Waals surface area (Å²) in [4.78, 5) is 29.1. The van der Waals surface area contributed by atoms with Crippen LogP contribution in [0.5, 0.6) is 0 Å². The molecule has 7 heteroatoms. The van der Waals surface area contributed by atoms with E-state index in [4.69, 9.17) is 4.42 Å². The molecule has 1 saturated heterocycles. The zero-order valence-corrected chi connectivity index (χ0v) is 17.4. The van der Waals surface area contributed by atoms with E-state index in [1.165, 1.54) is 18.4 Å². The van der Waals surface area contributed by atoms with Crippen molar-refractivity contribution in [2.75, 3.05) is 26.2 Å². The molecule has 0 radical (unpaired) electrons. The number of allylic oxidation sites excluding steroid dienone is 1. The van der Waals surface area contributed by atoms with E-state index in [9.17, 15) is 19.2 Å². The van der Waals surface area contributed by atoms with Crippen molar-refractivity contribution in [2.24, 2.45) is 0 Å². The first-order valence-electron chi connectivity index (χ1n) is 10.6. The number of ketones is 1.